The summed E-state index contributed by atoms with van der Waals surface area (Å²) in [7, 11) is 0. The Kier molecular flexibility index (Phi) is 5.37. The summed E-state index contributed by atoms with van der Waals surface area (Å²) in [6.45, 7) is 0.481. The second-order valence-electron chi connectivity index (χ2n) is 4.55. The van der Waals surface area contributed by atoms with Gasteiger partial charge in [0.2, 0.25) is 5.91 Å². The minimum absolute atomic E-state index is 0.00212. The van der Waals surface area contributed by atoms with Crippen LogP contribution in [0.1, 0.15) is 11.3 Å². The lowest BCUT2D eigenvalue weighted by Gasteiger charge is -2.01. The van der Waals surface area contributed by atoms with Crippen LogP contribution in [-0.2, 0) is 11.2 Å². The van der Waals surface area contributed by atoms with E-state index in [1.54, 1.807) is 24.4 Å². The molecule has 0 aliphatic carbocycles. The van der Waals surface area contributed by atoms with Gasteiger partial charge in [0.25, 0.3) is 5.69 Å². The first-order valence-corrected chi connectivity index (χ1v) is 6.75. The van der Waals surface area contributed by atoms with Crippen molar-refractivity contribution in [1.82, 2.24) is 10.3 Å². The van der Waals surface area contributed by atoms with Crippen molar-refractivity contribution in [3.05, 3.63) is 76.1 Å². The van der Waals surface area contributed by atoms with E-state index in [2.05, 4.69) is 10.3 Å². The molecule has 2 rings (SSSR count). The van der Waals surface area contributed by atoms with Crippen LogP contribution in [0.15, 0.2) is 54.7 Å². The largest absolute Gasteiger partial charge is 0.352 e. The van der Waals surface area contributed by atoms with E-state index in [4.69, 9.17) is 0 Å². The molecule has 0 atom stereocenters. The number of non-ortho nitro benzene ring substituents is 1. The van der Waals surface area contributed by atoms with E-state index in [1.165, 1.54) is 18.2 Å². The van der Waals surface area contributed by atoms with Crippen LogP contribution in [0.4, 0.5) is 5.69 Å². The molecule has 0 spiro atoms. The molecule has 0 unspecified atom stereocenters. The minimum atomic E-state index is -0.468. The fourth-order valence-electron chi connectivity index (χ4n) is 1.83. The average Bonchev–Trinajstić information content (AvgIpc) is 2.54. The van der Waals surface area contributed by atoms with Gasteiger partial charge in [0, 0.05) is 43.1 Å². The molecule has 2 aromatic rings. The van der Waals surface area contributed by atoms with Crippen LogP contribution in [0.3, 0.4) is 0 Å². The number of rotatable bonds is 6. The van der Waals surface area contributed by atoms with Gasteiger partial charge in [-0.05, 0) is 23.8 Å². The molecule has 0 saturated carbocycles. The summed E-state index contributed by atoms with van der Waals surface area (Å²) >= 11 is 0. The second-order valence-corrected chi connectivity index (χ2v) is 4.55. The molecule has 112 valence electrons. The fraction of sp³-hybridized carbons (Fsp3) is 0.125. The van der Waals surface area contributed by atoms with Crippen LogP contribution in [-0.4, -0.2) is 22.4 Å². The molecule has 0 fully saturated rings. The molecule has 0 bridgehead atoms. The Bertz CT molecular complexity index is 684. The predicted octanol–water partition coefficient (Wildman–Crippen LogP) is 2.36. The van der Waals surface area contributed by atoms with E-state index in [0.717, 1.165) is 5.69 Å². The van der Waals surface area contributed by atoms with Crippen molar-refractivity contribution in [2.24, 2.45) is 0 Å². The topological polar surface area (TPSA) is 85.1 Å². The molecule has 0 radical (unpaired) electrons. The van der Waals surface area contributed by atoms with Gasteiger partial charge >= 0.3 is 0 Å². The summed E-state index contributed by atoms with van der Waals surface area (Å²) in [6, 6.07) is 11.7. The van der Waals surface area contributed by atoms with Gasteiger partial charge in [0.1, 0.15) is 0 Å². The van der Waals surface area contributed by atoms with Gasteiger partial charge in [-0.15, -0.1) is 0 Å². The van der Waals surface area contributed by atoms with Gasteiger partial charge in [-0.1, -0.05) is 18.2 Å². The third kappa shape index (κ3) is 4.82. The number of hydrogen-bond acceptors (Lipinski definition) is 4. The maximum Gasteiger partial charge on any atom is 0.270 e. The first kappa shape index (κ1) is 15.4. The fourth-order valence-corrected chi connectivity index (χ4v) is 1.83. The SMILES string of the molecule is O=C(/C=C/c1cccc([N+](=O)[O-])c1)NCCc1ccccn1. The van der Waals surface area contributed by atoms with Crippen molar-refractivity contribution in [1.29, 1.82) is 0 Å². The highest BCUT2D eigenvalue weighted by Gasteiger charge is 2.04. The second kappa shape index (κ2) is 7.68. The van der Waals surface area contributed by atoms with Crippen molar-refractivity contribution in [3.8, 4) is 0 Å². The van der Waals surface area contributed by atoms with Crippen molar-refractivity contribution in [2.45, 2.75) is 6.42 Å². The number of nitrogens with zero attached hydrogens (tertiary/aromatic N) is 2. The molecule has 1 aromatic heterocycles. The Morgan fingerprint density at radius 3 is 2.86 bits per heavy atom. The van der Waals surface area contributed by atoms with Crippen molar-refractivity contribution < 1.29 is 9.72 Å². The Morgan fingerprint density at radius 2 is 2.14 bits per heavy atom. The summed E-state index contributed by atoms with van der Waals surface area (Å²) in [6.07, 6.45) is 5.26. The maximum absolute atomic E-state index is 11.7. The van der Waals surface area contributed by atoms with E-state index in [-0.39, 0.29) is 11.6 Å². The molecule has 1 heterocycles. The van der Waals surface area contributed by atoms with Gasteiger partial charge < -0.3 is 5.32 Å². The van der Waals surface area contributed by atoms with E-state index < -0.39 is 4.92 Å². The molecule has 1 aromatic carbocycles. The Balaban J connectivity index is 1.84. The van der Waals surface area contributed by atoms with Crippen molar-refractivity contribution in [2.75, 3.05) is 6.54 Å². The number of amides is 1. The number of aromatic nitrogens is 1. The van der Waals surface area contributed by atoms with Crippen molar-refractivity contribution in [3.63, 3.8) is 0 Å². The van der Waals surface area contributed by atoms with Crippen LogP contribution in [0.5, 0.6) is 0 Å². The minimum Gasteiger partial charge on any atom is -0.352 e. The van der Waals surface area contributed by atoms with Crippen LogP contribution in [0, 0.1) is 10.1 Å². The summed E-state index contributed by atoms with van der Waals surface area (Å²) in [5.41, 5.74) is 1.51. The van der Waals surface area contributed by atoms with Gasteiger partial charge in [0.05, 0.1) is 4.92 Å². The van der Waals surface area contributed by atoms with Crippen LogP contribution < -0.4 is 5.32 Å². The summed E-state index contributed by atoms with van der Waals surface area (Å²) in [5.74, 6) is -0.248. The highest BCUT2D eigenvalue weighted by molar-refractivity contribution is 5.91. The van der Waals surface area contributed by atoms with Crippen LogP contribution in [0.2, 0.25) is 0 Å². The number of carbonyl (C=O) groups is 1. The Labute approximate surface area is 127 Å². The first-order valence-electron chi connectivity index (χ1n) is 6.75. The lowest BCUT2D eigenvalue weighted by Crippen LogP contribution is -2.23. The van der Waals surface area contributed by atoms with Crippen LogP contribution >= 0.6 is 0 Å². The number of hydrogen-bond donors (Lipinski definition) is 1. The zero-order valence-electron chi connectivity index (χ0n) is 11.8. The lowest BCUT2D eigenvalue weighted by atomic mass is 10.2. The molecule has 0 saturated heterocycles. The molecule has 0 aliphatic rings. The number of nitrogens with one attached hydrogen (secondary N) is 1. The summed E-state index contributed by atoms with van der Waals surface area (Å²) < 4.78 is 0. The summed E-state index contributed by atoms with van der Waals surface area (Å²) in [5, 5.41) is 13.4. The van der Waals surface area contributed by atoms with Gasteiger partial charge in [0.15, 0.2) is 0 Å². The zero-order valence-corrected chi connectivity index (χ0v) is 11.8. The Hall–Kier alpha value is -3.02. The highest BCUT2D eigenvalue weighted by Crippen LogP contribution is 2.13. The predicted molar refractivity (Wildman–Crippen MR) is 83.1 cm³/mol. The van der Waals surface area contributed by atoms with E-state index in [9.17, 15) is 14.9 Å². The number of carbonyl (C=O) groups excluding carboxylic acids is 1. The average molecular weight is 297 g/mol. The molecular weight excluding hydrogens is 282 g/mol. The molecule has 6 nitrogen and oxygen atoms in total. The third-order valence-electron chi connectivity index (χ3n) is 2.91. The highest BCUT2D eigenvalue weighted by atomic mass is 16.6. The molecule has 0 aliphatic heterocycles. The molecular formula is C16H15N3O3. The van der Waals surface area contributed by atoms with Gasteiger partial charge in [-0.25, -0.2) is 0 Å². The number of pyridine rings is 1. The normalized spacial score (nSPS) is 10.5. The number of nitro benzene ring substituents is 1. The van der Waals surface area contributed by atoms with E-state index >= 15 is 0 Å². The summed E-state index contributed by atoms with van der Waals surface area (Å²) in [4.78, 5) is 26.0. The maximum atomic E-state index is 11.7. The van der Waals surface area contributed by atoms with E-state index in [0.29, 0.717) is 18.5 Å². The zero-order chi connectivity index (χ0) is 15.8. The quantitative estimate of drug-likeness (QED) is 0.504. The molecule has 22 heavy (non-hydrogen) atoms. The first-order chi connectivity index (χ1) is 10.6. The Morgan fingerprint density at radius 1 is 1.27 bits per heavy atom. The molecule has 1 amide bonds. The smallest absolute Gasteiger partial charge is 0.270 e. The lowest BCUT2D eigenvalue weighted by molar-refractivity contribution is -0.384. The molecule has 1 N–H and O–H groups in total. The number of nitro groups is 1. The van der Waals surface area contributed by atoms with Gasteiger partial charge in [-0.2, -0.15) is 0 Å². The van der Waals surface area contributed by atoms with Crippen molar-refractivity contribution >= 4 is 17.7 Å². The standard InChI is InChI=1S/C16H15N3O3/c20-16(18-11-9-14-5-1-2-10-17-14)8-7-13-4-3-6-15(12-13)19(21)22/h1-8,10,12H,9,11H2,(H,18,20)/b8-7+. The third-order valence-corrected chi connectivity index (χ3v) is 2.91. The number of benzene rings is 1. The van der Waals surface area contributed by atoms with Gasteiger partial charge in [-0.3, -0.25) is 19.9 Å². The van der Waals surface area contributed by atoms with E-state index in [1.807, 2.05) is 18.2 Å². The molecule has 6 heteroatoms. The monoisotopic (exact) mass is 297 g/mol. The van der Waals surface area contributed by atoms with Crippen LogP contribution in [0.25, 0.3) is 6.08 Å².